The number of amides is 2. The first kappa shape index (κ1) is 22.3. The molecule has 2 aromatic carbocycles. The van der Waals surface area contributed by atoms with E-state index in [1.807, 2.05) is 30.3 Å². The molecule has 164 valence electrons. The number of nitrogens with zero attached hydrogens (tertiary/aromatic N) is 1. The first-order chi connectivity index (χ1) is 14.9. The Kier molecular flexibility index (Phi) is 7.28. The number of benzene rings is 2. The monoisotopic (exact) mass is 424 g/mol. The van der Waals surface area contributed by atoms with Crippen LogP contribution in [-0.4, -0.2) is 37.0 Å². The van der Waals surface area contributed by atoms with Crippen LogP contribution in [0.2, 0.25) is 0 Å². The summed E-state index contributed by atoms with van der Waals surface area (Å²) < 4.78 is 10.7. The van der Waals surface area contributed by atoms with E-state index in [4.69, 9.17) is 9.47 Å². The van der Waals surface area contributed by atoms with Crippen molar-refractivity contribution in [3.8, 4) is 5.75 Å². The van der Waals surface area contributed by atoms with Crippen molar-refractivity contribution in [1.29, 1.82) is 0 Å². The normalized spacial score (nSPS) is 14.8. The Hall–Kier alpha value is -3.35. The zero-order valence-electron chi connectivity index (χ0n) is 18.1. The van der Waals surface area contributed by atoms with E-state index in [2.05, 4.69) is 19.2 Å². The largest absolute Gasteiger partial charge is 0.482 e. The van der Waals surface area contributed by atoms with Gasteiger partial charge in [0.2, 0.25) is 0 Å². The number of nitrogens with one attached hydrogen (secondary N) is 1. The molecule has 0 aromatic heterocycles. The zero-order valence-corrected chi connectivity index (χ0v) is 18.1. The molecule has 0 aliphatic carbocycles. The van der Waals surface area contributed by atoms with Gasteiger partial charge in [0.15, 0.2) is 12.7 Å². The fourth-order valence-corrected chi connectivity index (χ4v) is 3.41. The SMILES string of the molecule is CCC(C)c1ccccc1NC(=O)C(C)OC(=O)CCN1C(=O)COc2ccccc21. The van der Waals surface area contributed by atoms with Gasteiger partial charge >= 0.3 is 5.97 Å². The third-order valence-electron chi connectivity index (χ3n) is 5.39. The van der Waals surface area contributed by atoms with E-state index in [1.165, 1.54) is 11.8 Å². The van der Waals surface area contributed by atoms with Crippen LogP contribution < -0.4 is 15.0 Å². The second-order valence-corrected chi connectivity index (χ2v) is 7.57. The molecular formula is C24H28N2O5. The topological polar surface area (TPSA) is 84.9 Å². The number of rotatable bonds is 8. The predicted molar refractivity (Wildman–Crippen MR) is 118 cm³/mol. The molecule has 1 N–H and O–H groups in total. The standard InChI is InChI=1S/C24H28N2O5/c1-4-16(2)18-9-5-6-10-19(18)25-24(29)17(3)31-23(28)13-14-26-20-11-7-8-12-21(20)30-15-22(26)27/h5-12,16-17H,4,13-15H2,1-3H3,(H,25,29). The van der Waals surface area contributed by atoms with Crippen molar-refractivity contribution in [3.05, 3.63) is 54.1 Å². The van der Waals surface area contributed by atoms with Crippen LogP contribution in [0, 0.1) is 0 Å². The van der Waals surface area contributed by atoms with Crippen molar-refractivity contribution in [2.45, 2.75) is 45.6 Å². The lowest BCUT2D eigenvalue weighted by molar-refractivity contribution is -0.153. The molecule has 2 aromatic rings. The quantitative estimate of drug-likeness (QED) is 0.650. The smallest absolute Gasteiger partial charge is 0.308 e. The van der Waals surface area contributed by atoms with Crippen LogP contribution in [0.5, 0.6) is 5.75 Å². The molecule has 0 spiro atoms. The minimum atomic E-state index is -0.954. The van der Waals surface area contributed by atoms with Crippen LogP contribution in [0.15, 0.2) is 48.5 Å². The summed E-state index contributed by atoms with van der Waals surface area (Å²) in [6.07, 6.45) is -0.0349. The number of para-hydroxylation sites is 3. The summed E-state index contributed by atoms with van der Waals surface area (Å²) in [5.74, 6) is -0.267. The first-order valence-corrected chi connectivity index (χ1v) is 10.5. The summed E-state index contributed by atoms with van der Waals surface area (Å²) in [5.41, 5.74) is 2.39. The number of anilines is 2. The molecule has 0 fully saturated rings. The van der Waals surface area contributed by atoms with E-state index < -0.39 is 18.0 Å². The van der Waals surface area contributed by atoms with Crippen molar-refractivity contribution >= 4 is 29.2 Å². The zero-order chi connectivity index (χ0) is 22.4. The average molecular weight is 424 g/mol. The molecule has 2 atom stereocenters. The molecule has 0 radical (unpaired) electrons. The fourth-order valence-electron chi connectivity index (χ4n) is 3.41. The van der Waals surface area contributed by atoms with Gasteiger partial charge in [0.1, 0.15) is 5.75 Å². The number of carbonyl (C=O) groups excluding carboxylic acids is 3. The Bertz CT molecular complexity index is 958. The van der Waals surface area contributed by atoms with Gasteiger partial charge in [-0.1, -0.05) is 44.2 Å². The number of hydrogen-bond acceptors (Lipinski definition) is 5. The van der Waals surface area contributed by atoms with Crippen LogP contribution in [0.3, 0.4) is 0 Å². The Morgan fingerprint density at radius 1 is 1.13 bits per heavy atom. The number of esters is 1. The summed E-state index contributed by atoms with van der Waals surface area (Å²) in [5, 5.41) is 2.86. The van der Waals surface area contributed by atoms with E-state index in [-0.39, 0.29) is 25.5 Å². The summed E-state index contributed by atoms with van der Waals surface area (Å²) in [6, 6.07) is 14.8. The molecule has 1 heterocycles. The van der Waals surface area contributed by atoms with E-state index in [9.17, 15) is 14.4 Å². The highest BCUT2D eigenvalue weighted by Gasteiger charge is 2.26. The molecule has 0 saturated carbocycles. The van der Waals surface area contributed by atoms with Gasteiger partial charge in [-0.15, -0.1) is 0 Å². The van der Waals surface area contributed by atoms with Crippen molar-refractivity contribution in [2.75, 3.05) is 23.4 Å². The number of ether oxygens (including phenoxy) is 2. The molecule has 3 rings (SSSR count). The lowest BCUT2D eigenvalue weighted by atomic mass is 9.97. The van der Waals surface area contributed by atoms with Gasteiger partial charge in [0.05, 0.1) is 12.1 Å². The second-order valence-electron chi connectivity index (χ2n) is 7.57. The molecule has 2 unspecified atom stereocenters. The maximum Gasteiger partial charge on any atom is 0.308 e. The third kappa shape index (κ3) is 5.42. The van der Waals surface area contributed by atoms with E-state index in [0.29, 0.717) is 17.4 Å². The summed E-state index contributed by atoms with van der Waals surface area (Å²) in [7, 11) is 0. The van der Waals surface area contributed by atoms with Crippen molar-refractivity contribution in [3.63, 3.8) is 0 Å². The minimum Gasteiger partial charge on any atom is -0.482 e. The lowest BCUT2D eigenvalue weighted by Gasteiger charge is -2.29. The Morgan fingerprint density at radius 3 is 2.61 bits per heavy atom. The maximum atomic E-state index is 12.6. The van der Waals surface area contributed by atoms with E-state index >= 15 is 0 Å². The molecule has 0 saturated heterocycles. The maximum absolute atomic E-state index is 12.6. The van der Waals surface area contributed by atoms with Gasteiger partial charge in [0, 0.05) is 12.2 Å². The lowest BCUT2D eigenvalue weighted by Crippen LogP contribution is -2.40. The Morgan fingerprint density at radius 2 is 1.84 bits per heavy atom. The average Bonchev–Trinajstić information content (AvgIpc) is 2.78. The molecule has 7 heteroatoms. The molecule has 2 amide bonds. The number of hydrogen-bond donors (Lipinski definition) is 1. The van der Waals surface area contributed by atoms with Gasteiger partial charge in [0.25, 0.3) is 11.8 Å². The summed E-state index contributed by atoms with van der Waals surface area (Å²) in [4.78, 5) is 38.6. The molecule has 0 bridgehead atoms. The van der Waals surface area contributed by atoms with Crippen LogP contribution in [0.25, 0.3) is 0 Å². The highest BCUT2D eigenvalue weighted by molar-refractivity contribution is 5.98. The third-order valence-corrected chi connectivity index (χ3v) is 5.39. The highest BCUT2D eigenvalue weighted by Crippen LogP contribution is 2.31. The van der Waals surface area contributed by atoms with E-state index in [1.54, 1.807) is 18.2 Å². The van der Waals surface area contributed by atoms with Crippen LogP contribution in [0.4, 0.5) is 11.4 Å². The highest BCUT2D eigenvalue weighted by atomic mass is 16.5. The Labute approximate surface area is 182 Å². The fraction of sp³-hybridized carbons (Fsp3) is 0.375. The van der Waals surface area contributed by atoms with Gasteiger partial charge < -0.3 is 19.7 Å². The molecule has 1 aliphatic rings. The molecule has 31 heavy (non-hydrogen) atoms. The Balaban J connectivity index is 1.55. The second kappa shape index (κ2) is 10.1. The molecular weight excluding hydrogens is 396 g/mol. The predicted octanol–water partition coefficient (Wildman–Crippen LogP) is 3.89. The van der Waals surface area contributed by atoms with Crippen LogP contribution in [0.1, 0.15) is 45.1 Å². The van der Waals surface area contributed by atoms with Crippen molar-refractivity contribution < 1.29 is 23.9 Å². The van der Waals surface area contributed by atoms with Crippen LogP contribution in [-0.2, 0) is 19.1 Å². The number of fused-ring (bicyclic) bond motifs is 1. The molecule has 1 aliphatic heterocycles. The summed E-state index contributed by atoms with van der Waals surface area (Å²) in [6.45, 7) is 5.81. The number of carbonyl (C=O) groups is 3. The molecule has 7 nitrogen and oxygen atoms in total. The first-order valence-electron chi connectivity index (χ1n) is 10.5. The van der Waals surface area contributed by atoms with E-state index in [0.717, 1.165) is 17.7 Å². The van der Waals surface area contributed by atoms with Crippen molar-refractivity contribution in [2.24, 2.45) is 0 Å². The minimum absolute atomic E-state index is 0.0266. The van der Waals surface area contributed by atoms with Gasteiger partial charge in [-0.25, -0.2) is 0 Å². The van der Waals surface area contributed by atoms with Crippen LogP contribution >= 0.6 is 0 Å². The van der Waals surface area contributed by atoms with Gasteiger partial charge in [-0.3, -0.25) is 14.4 Å². The summed E-state index contributed by atoms with van der Waals surface area (Å²) >= 11 is 0. The van der Waals surface area contributed by atoms with Gasteiger partial charge in [-0.05, 0) is 43.0 Å². The van der Waals surface area contributed by atoms with Gasteiger partial charge in [-0.2, -0.15) is 0 Å². The van der Waals surface area contributed by atoms with Crippen molar-refractivity contribution in [1.82, 2.24) is 0 Å².